The van der Waals surface area contributed by atoms with Crippen LogP contribution in [-0.2, 0) is 21.8 Å². The van der Waals surface area contributed by atoms with E-state index >= 15 is 0 Å². The van der Waals surface area contributed by atoms with Gasteiger partial charge in [0.1, 0.15) is 25.4 Å². The van der Waals surface area contributed by atoms with Crippen molar-refractivity contribution in [2.45, 2.75) is 69.1 Å². The molecule has 79 heavy (non-hydrogen) atoms. The minimum Gasteiger partial charge on any atom is -0.475 e. The molecule has 9 heterocycles. The van der Waals surface area contributed by atoms with Crippen molar-refractivity contribution in [3.63, 3.8) is 0 Å². The van der Waals surface area contributed by atoms with Crippen molar-refractivity contribution in [1.29, 1.82) is 0 Å². The van der Waals surface area contributed by atoms with Crippen LogP contribution in [0.25, 0.3) is 22.5 Å². The number of aromatic nitrogens is 4. The topological polar surface area (TPSA) is 200 Å². The molecular formula is C53H50Cl2F6N10O8. The number of nitrogens with zero attached hydrogens (tertiary/aromatic N) is 8. The lowest BCUT2D eigenvalue weighted by Crippen LogP contribution is -2.48. The third-order valence-electron chi connectivity index (χ3n) is 13.5. The van der Waals surface area contributed by atoms with Gasteiger partial charge in [-0.1, -0.05) is 47.5 Å². The Morgan fingerprint density at radius 3 is 1.63 bits per heavy atom. The van der Waals surface area contributed by atoms with Crippen LogP contribution in [0, 0.1) is 0 Å². The Labute approximate surface area is 457 Å². The van der Waals surface area contributed by atoms with Crippen LogP contribution in [0.4, 0.5) is 70.3 Å². The molecule has 6 aromatic rings. The number of carbonyl (C=O) groups excluding carboxylic acids is 2. The number of alkyl halides is 6. The van der Waals surface area contributed by atoms with E-state index in [-0.39, 0.29) is 69.8 Å². The fraction of sp³-hybridized carbons (Fsp3) is 0.358. The summed E-state index contributed by atoms with van der Waals surface area (Å²) in [6, 6.07) is 18.0. The highest BCUT2D eigenvalue weighted by atomic mass is 35.5. The molecule has 4 aromatic heterocycles. The summed E-state index contributed by atoms with van der Waals surface area (Å²) in [5, 5.41) is 24.3. The number of anilines is 6. The van der Waals surface area contributed by atoms with Gasteiger partial charge in [-0.25, -0.2) is 29.5 Å². The average Bonchev–Trinajstić information content (AvgIpc) is 4.31. The predicted octanol–water partition coefficient (Wildman–Crippen LogP) is 10.2. The van der Waals surface area contributed by atoms with Gasteiger partial charge >= 0.3 is 24.4 Å². The monoisotopic (exact) mass is 1140 g/mol. The highest BCUT2D eigenvalue weighted by Gasteiger charge is 2.43. The maximum atomic E-state index is 13.6. The number of amides is 4. The van der Waals surface area contributed by atoms with E-state index in [4.69, 9.17) is 47.3 Å². The van der Waals surface area contributed by atoms with Crippen LogP contribution in [0.5, 0.6) is 11.8 Å². The number of carbonyl (C=O) groups is 2. The molecule has 2 aromatic carbocycles. The summed E-state index contributed by atoms with van der Waals surface area (Å²) >= 11 is 13.0. The number of benzene rings is 2. The number of ether oxygens (including phenoxy) is 4. The first-order valence-electron chi connectivity index (χ1n) is 24.9. The Morgan fingerprint density at radius 2 is 1.22 bits per heavy atom. The van der Waals surface area contributed by atoms with Crippen molar-refractivity contribution in [1.82, 2.24) is 19.9 Å². The summed E-state index contributed by atoms with van der Waals surface area (Å²) in [4.78, 5) is 51.8. The van der Waals surface area contributed by atoms with Crippen molar-refractivity contribution in [2.24, 2.45) is 0 Å². The molecule has 11 rings (SSSR count). The summed E-state index contributed by atoms with van der Waals surface area (Å²) in [5.74, 6) is 0.564. The third kappa shape index (κ3) is 12.2. The SMILES string of the molecule is CC1(C)OC[C@H](COc2ccc(NC(=O)N3c4nc(-c5cccc(C(F)(F)F)c5)c(Cl)cc4N4CC[C@H]3C4)cn2)O1.O=C(Nc1ccc(OC[C@H](O)CO)nc1)N1c2nc(-c3cccc(C(F)(F)F)c3)c(Cl)cc2N2CC[C@H]1C2. The molecule has 3 fully saturated rings. The number of hydrogen-bond acceptors (Lipinski definition) is 14. The Balaban J connectivity index is 0.000000179. The van der Waals surface area contributed by atoms with Crippen molar-refractivity contribution in [3.05, 3.63) is 118 Å². The van der Waals surface area contributed by atoms with Gasteiger partial charge in [-0.15, -0.1) is 0 Å². The first kappa shape index (κ1) is 55.1. The fourth-order valence-electron chi connectivity index (χ4n) is 9.77. The average molecular weight is 1140 g/mol. The van der Waals surface area contributed by atoms with Crippen LogP contribution >= 0.6 is 23.2 Å². The van der Waals surface area contributed by atoms with E-state index in [9.17, 15) is 41.0 Å². The summed E-state index contributed by atoms with van der Waals surface area (Å²) in [6.07, 6.45) is -6.04. The van der Waals surface area contributed by atoms with Gasteiger partial charge in [0.05, 0.1) is 93.0 Å². The van der Waals surface area contributed by atoms with Crippen molar-refractivity contribution in [2.75, 3.05) is 82.8 Å². The smallest absolute Gasteiger partial charge is 0.416 e. The predicted molar refractivity (Wildman–Crippen MR) is 281 cm³/mol. The number of fused-ring (bicyclic) bond motifs is 8. The van der Waals surface area contributed by atoms with E-state index in [2.05, 4.69) is 35.5 Å². The highest BCUT2D eigenvalue weighted by molar-refractivity contribution is 6.34. The second-order valence-electron chi connectivity index (χ2n) is 19.5. The van der Waals surface area contributed by atoms with Crippen LogP contribution in [0.3, 0.4) is 0 Å². The lowest BCUT2D eigenvalue weighted by atomic mass is 10.1. The molecule has 3 saturated heterocycles. The van der Waals surface area contributed by atoms with Gasteiger partial charge in [0.2, 0.25) is 11.8 Å². The number of nitrogens with one attached hydrogen (secondary N) is 2. The van der Waals surface area contributed by atoms with Crippen LogP contribution in [0.1, 0.15) is 37.8 Å². The standard InChI is InChI=1S/C28H27ClF3N5O4.C25H23ClF3N5O4/c1-27(2)40-15-20(41-27)14-39-23-7-6-18(12-33-23)34-26(38)37-19-8-9-36(13-19)22-11-21(29)24(35-25(22)37)16-4-3-5-17(10-16)28(30,31)32;26-19-9-20-23(32-22(19)14-2-1-3-15(8-14)25(27,28)29)34(17-6-7-33(20)11-17)24(37)31-16-4-5-21(30-10-16)38-13-18(36)12-35/h3-7,10-12,19-20H,8-9,13-15H2,1-2H3,(H,34,38);1-5,8-10,17-18,35-36H,6-7,11-13H2,(H,31,37)/t19-,20-;17-,18+/m00/s1. The third-order valence-corrected chi connectivity index (χ3v) is 14.1. The normalized spacial score (nSPS) is 19.3. The Bertz CT molecular complexity index is 3240. The van der Waals surface area contributed by atoms with Crippen molar-refractivity contribution >= 4 is 69.6 Å². The van der Waals surface area contributed by atoms with Crippen molar-refractivity contribution in [3.8, 4) is 34.3 Å². The Kier molecular flexibility index (Phi) is 15.4. The van der Waals surface area contributed by atoms with Crippen LogP contribution < -0.4 is 39.7 Å². The second-order valence-corrected chi connectivity index (χ2v) is 20.4. The van der Waals surface area contributed by atoms with E-state index < -0.39 is 54.0 Å². The number of aliphatic hydroxyl groups excluding tert-OH is 2. The zero-order valence-corrected chi connectivity index (χ0v) is 43.6. The Morgan fingerprint density at radius 1 is 0.734 bits per heavy atom. The summed E-state index contributed by atoms with van der Waals surface area (Å²) in [5.41, 5.74) is 1.16. The molecule has 4 atom stereocenters. The number of rotatable bonds is 11. The van der Waals surface area contributed by atoms with Crippen molar-refractivity contribution < 1.29 is 65.1 Å². The quantitative estimate of drug-likeness (QED) is 0.0893. The molecule has 0 spiro atoms. The van der Waals surface area contributed by atoms with Gasteiger partial charge in [-0.05, 0) is 75.2 Å². The van der Waals surface area contributed by atoms with Crippen LogP contribution in [0.15, 0.2) is 97.3 Å². The molecule has 0 saturated carbocycles. The molecule has 5 aliphatic rings. The fourth-order valence-corrected chi connectivity index (χ4v) is 10.3. The van der Waals surface area contributed by atoms with Crippen LogP contribution in [-0.4, -0.2) is 125 Å². The molecular weight excluding hydrogens is 1090 g/mol. The van der Waals surface area contributed by atoms with E-state index in [1.165, 1.54) is 47.6 Å². The molecule has 0 unspecified atom stereocenters. The number of urea groups is 2. The van der Waals surface area contributed by atoms with E-state index in [0.717, 1.165) is 24.3 Å². The first-order chi connectivity index (χ1) is 37.6. The lowest BCUT2D eigenvalue weighted by molar-refractivity contribution is -0.141. The zero-order valence-electron chi connectivity index (χ0n) is 42.1. The summed E-state index contributed by atoms with van der Waals surface area (Å²) in [7, 11) is 0. The maximum Gasteiger partial charge on any atom is 0.416 e. The van der Waals surface area contributed by atoms with Crippen LogP contribution in [0.2, 0.25) is 10.0 Å². The minimum atomic E-state index is -4.53. The lowest BCUT2D eigenvalue weighted by Gasteiger charge is -2.36. The van der Waals surface area contributed by atoms with E-state index in [1.807, 2.05) is 18.7 Å². The molecule has 0 aliphatic carbocycles. The molecule has 416 valence electrons. The van der Waals surface area contributed by atoms with Gasteiger partial charge in [0.15, 0.2) is 17.4 Å². The largest absolute Gasteiger partial charge is 0.475 e. The molecule has 0 radical (unpaired) electrons. The molecule has 4 N–H and O–H groups in total. The minimum absolute atomic E-state index is 0.139. The maximum absolute atomic E-state index is 13.6. The number of aliphatic hydroxyl groups is 2. The van der Waals surface area contributed by atoms with Gasteiger partial charge in [-0.2, -0.15) is 26.3 Å². The Hall–Kier alpha value is -7.22. The van der Waals surface area contributed by atoms with E-state index in [1.54, 1.807) is 35.2 Å². The summed E-state index contributed by atoms with van der Waals surface area (Å²) in [6.45, 7) is 6.32. The highest BCUT2D eigenvalue weighted by Crippen LogP contribution is 2.46. The van der Waals surface area contributed by atoms with Gasteiger partial charge < -0.3 is 49.6 Å². The number of pyridine rings is 4. The molecule has 18 nitrogen and oxygen atoms in total. The van der Waals surface area contributed by atoms with Gasteiger partial charge in [0, 0.05) is 49.4 Å². The number of hydrogen-bond donors (Lipinski definition) is 4. The molecule has 5 aliphatic heterocycles. The first-order valence-corrected chi connectivity index (χ1v) is 25.6. The van der Waals surface area contributed by atoms with Gasteiger partial charge in [0.25, 0.3) is 0 Å². The van der Waals surface area contributed by atoms with Gasteiger partial charge in [-0.3, -0.25) is 9.80 Å². The zero-order chi connectivity index (χ0) is 56.0. The molecule has 4 amide bonds. The second kappa shape index (κ2) is 22.1. The number of halogens is 8. The molecule has 26 heteroatoms. The molecule has 4 bridgehead atoms. The summed E-state index contributed by atoms with van der Waals surface area (Å²) < 4.78 is 102. The van der Waals surface area contributed by atoms with E-state index in [0.29, 0.717) is 85.9 Å².